The van der Waals surface area contributed by atoms with Gasteiger partial charge in [0, 0.05) is 42.2 Å². The van der Waals surface area contributed by atoms with E-state index in [1.807, 2.05) is 30.9 Å². The second-order valence-corrected chi connectivity index (χ2v) is 11.2. The SMILES string of the molecule is CC(C)N1CC(=O)N(C)c2cnc(Nc3cc(-c4cc(C5CC5)[nH]n4)cc(S(C)(=O)=O)c3)nc21. The summed E-state index contributed by atoms with van der Waals surface area (Å²) >= 11 is 0. The molecule has 1 fully saturated rings. The maximum absolute atomic E-state index is 12.4. The van der Waals surface area contributed by atoms with E-state index in [1.54, 1.807) is 30.3 Å². The van der Waals surface area contributed by atoms with Gasteiger partial charge >= 0.3 is 0 Å². The van der Waals surface area contributed by atoms with Crippen LogP contribution in [0.5, 0.6) is 0 Å². The number of aromatic amines is 1. The fourth-order valence-corrected chi connectivity index (χ4v) is 4.70. The molecular formula is C23H27N7O3S. The van der Waals surface area contributed by atoms with E-state index in [0.29, 0.717) is 40.3 Å². The molecule has 0 unspecified atom stereocenters. The van der Waals surface area contributed by atoms with E-state index in [-0.39, 0.29) is 23.4 Å². The molecule has 0 saturated heterocycles. The number of aromatic nitrogens is 4. The third-order valence-electron chi connectivity index (χ3n) is 6.19. The molecule has 2 aliphatic rings. The summed E-state index contributed by atoms with van der Waals surface area (Å²) in [5, 5.41) is 10.6. The molecule has 0 radical (unpaired) electrons. The lowest BCUT2D eigenvalue weighted by molar-refractivity contribution is -0.117. The van der Waals surface area contributed by atoms with Gasteiger partial charge in [-0.25, -0.2) is 13.4 Å². The number of carbonyl (C=O) groups excluding carboxylic acids is 1. The van der Waals surface area contributed by atoms with Gasteiger partial charge in [-0.1, -0.05) is 0 Å². The molecule has 3 heterocycles. The van der Waals surface area contributed by atoms with E-state index in [9.17, 15) is 13.2 Å². The quantitative estimate of drug-likeness (QED) is 0.550. The summed E-state index contributed by atoms with van der Waals surface area (Å²) in [6.45, 7) is 4.23. The number of hydrogen-bond acceptors (Lipinski definition) is 8. The fraction of sp³-hybridized carbons (Fsp3) is 0.391. The van der Waals surface area contributed by atoms with Crippen molar-refractivity contribution in [2.45, 2.75) is 43.5 Å². The minimum atomic E-state index is -3.46. The number of fused-ring (bicyclic) bond motifs is 1. The molecule has 0 spiro atoms. The van der Waals surface area contributed by atoms with Gasteiger partial charge in [-0.15, -0.1) is 0 Å². The summed E-state index contributed by atoms with van der Waals surface area (Å²) in [6, 6.07) is 7.07. The van der Waals surface area contributed by atoms with Crippen LogP contribution in [0.25, 0.3) is 11.3 Å². The Morgan fingerprint density at radius 3 is 2.62 bits per heavy atom. The number of nitrogens with zero attached hydrogens (tertiary/aromatic N) is 5. The molecule has 3 aromatic rings. The summed E-state index contributed by atoms with van der Waals surface area (Å²) in [5.41, 5.74) is 3.60. The lowest BCUT2D eigenvalue weighted by atomic mass is 10.1. The van der Waals surface area contributed by atoms with Gasteiger partial charge in [-0.3, -0.25) is 9.89 Å². The number of amides is 1. The number of sulfone groups is 1. The number of rotatable bonds is 6. The van der Waals surface area contributed by atoms with Crippen molar-refractivity contribution in [3.05, 3.63) is 36.2 Å². The number of nitrogens with one attached hydrogen (secondary N) is 2. The average molecular weight is 482 g/mol. The molecule has 10 nitrogen and oxygen atoms in total. The second kappa shape index (κ2) is 8.08. The highest BCUT2D eigenvalue weighted by Crippen LogP contribution is 2.40. The van der Waals surface area contributed by atoms with Crippen molar-refractivity contribution in [1.82, 2.24) is 20.2 Å². The highest BCUT2D eigenvalue weighted by Gasteiger charge is 2.30. The molecule has 0 bridgehead atoms. The Balaban J connectivity index is 1.53. The van der Waals surface area contributed by atoms with Crippen LogP contribution < -0.4 is 15.1 Å². The normalized spacial score (nSPS) is 16.2. The van der Waals surface area contributed by atoms with Crippen LogP contribution in [0.4, 0.5) is 23.1 Å². The molecule has 1 amide bonds. The molecule has 1 aliphatic carbocycles. The Hall–Kier alpha value is -3.47. The van der Waals surface area contributed by atoms with Crippen LogP contribution in [0.3, 0.4) is 0 Å². The van der Waals surface area contributed by atoms with E-state index in [1.165, 1.54) is 6.26 Å². The maximum atomic E-state index is 12.4. The number of H-pyrrole nitrogens is 1. The zero-order valence-electron chi connectivity index (χ0n) is 19.5. The molecule has 1 aliphatic heterocycles. The molecule has 1 aromatic carbocycles. The Morgan fingerprint density at radius 2 is 1.94 bits per heavy atom. The lowest BCUT2D eigenvalue weighted by Gasteiger charge is -2.36. The number of hydrogen-bond donors (Lipinski definition) is 2. The average Bonchev–Trinajstić information content (AvgIpc) is 3.51. The van der Waals surface area contributed by atoms with Crippen molar-refractivity contribution in [2.24, 2.45) is 0 Å². The molecule has 1 saturated carbocycles. The molecule has 5 rings (SSSR count). The molecule has 0 atom stereocenters. The molecule has 178 valence electrons. The van der Waals surface area contributed by atoms with Crippen molar-refractivity contribution in [1.29, 1.82) is 0 Å². The highest BCUT2D eigenvalue weighted by molar-refractivity contribution is 7.90. The summed E-state index contributed by atoms with van der Waals surface area (Å²) < 4.78 is 24.8. The van der Waals surface area contributed by atoms with E-state index < -0.39 is 9.84 Å². The summed E-state index contributed by atoms with van der Waals surface area (Å²) in [7, 11) is -1.76. The van der Waals surface area contributed by atoms with Crippen molar-refractivity contribution in [2.75, 3.05) is 35.0 Å². The molecule has 2 N–H and O–H groups in total. The molecule has 2 aromatic heterocycles. The lowest BCUT2D eigenvalue weighted by Crippen LogP contribution is -2.47. The Morgan fingerprint density at radius 1 is 1.18 bits per heavy atom. The van der Waals surface area contributed by atoms with Crippen LogP contribution in [0.1, 0.15) is 38.3 Å². The van der Waals surface area contributed by atoms with Crippen molar-refractivity contribution >= 4 is 38.9 Å². The van der Waals surface area contributed by atoms with Crippen LogP contribution in [0.2, 0.25) is 0 Å². The first-order valence-electron chi connectivity index (χ1n) is 11.2. The fourth-order valence-electron chi connectivity index (χ4n) is 4.01. The van der Waals surface area contributed by atoms with Gasteiger partial charge in [-0.05, 0) is 51.0 Å². The van der Waals surface area contributed by atoms with E-state index >= 15 is 0 Å². The van der Waals surface area contributed by atoms with Gasteiger partial charge in [-0.2, -0.15) is 10.1 Å². The van der Waals surface area contributed by atoms with Crippen LogP contribution >= 0.6 is 0 Å². The van der Waals surface area contributed by atoms with Crippen LogP contribution in [-0.4, -0.2) is 60.4 Å². The van der Waals surface area contributed by atoms with Gasteiger partial charge in [0.15, 0.2) is 15.7 Å². The minimum Gasteiger partial charge on any atom is -0.343 e. The number of likely N-dealkylation sites (N-methyl/N-ethyl adjacent to an activating group) is 1. The van der Waals surface area contributed by atoms with Gasteiger partial charge in [0.1, 0.15) is 5.69 Å². The first-order chi connectivity index (χ1) is 16.1. The monoisotopic (exact) mass is 481 g/mol. The van der Waals surface area contributed by atoms with Crippen LogP contribution in [0.15, 0.2) is 35.4 Å². The number of carbonyl (C=O) groups is 1. The third-order valence-corrected chi connectivity index (χ3v) is 7.28. The zero-order chi connectivity index (χ0) is 24.2. The minimum absolute atomic E-state index is 0.0272. The topological polar surface area (TPSA) is 124 Å². The summed E-state index contributed by atoms with van der Waals surface area (Å²) in [4.78, 5) is 25.0. The summed E-state index contributed by atoms with van der Waals surface area (Å²) in [5.74, 6) is 1.44. The first-order valence-corrected chi connectivity index (χ1v) is 13.1. The van der Waals surface area contributed by atoms with Gasteiger partial charge in [0.2, 0.25) is 11.9 Å². The molecule has 11 heteroatoms. The van der Waals surface area contributed by atoms with Crippen molar-refractivity contribution in [3.8, 4) is 11.3 Å². The number of anilines is 4. The van der Waals surface area contributed by atoms with Crippen molar-refractivity contribution in [3.63, 3.8) is 0 Å². The van der Waals surface area contributed by atoms with Gasteiger partial charge in [0.05, 0.1) is 23.3 Å². The largest absolute Gasteiger partial charge is 0.343 e. The highest BCUT2D eigenvalue weighted by atomic mass is 32.2. The molecule has 34 heavy (non-hydrogen) atoms. The predicted octanol–water partition coefficient (Wildman–Crippen LogP) is 3.08. The van der Waals surface area contributed by atoms with Gasteiger partial charge in [0.25, 0.3) is 0 Å². The van der Waals surface area contributed by atoms with Crippen molar-refractivity contribution < 1.29 is 13.2 Å². The predicted molar refractivity (Wildman–Crippen MR) is 130 cm³/mol. The standard InChI is InChI=1S/C23H27N7O3S/c1-13(2)30-12-21(31)29(3)20-11-24-23(26-22(20)30)25-16-7-15(8-17(9-16)34(4,32)33)19-10-18(27-28-19)14-5-6-14/h7-11,13-14H,5-6,12H2,1-4H3,(H,27,28)(H,24,25,26). The second-order valence-electron chi connectivity index (χ2n) is 9.20. The Labute approximate surface area is 198 Å². The van der Waals surface area contributed by atoms with E-state index in [4.69, 9.17) is 0 Å². The summed E-state index contributed by atoms with van der Waals surface area (Å²) in [6.07, 6.45) is 5.07. The first kappa shape index (κ1) is 22.3. The Kier molecular flexibility index (Phi) is 5.31. The smallest absolute Gasteiger partial charge is 0.246 e. The third kappa shape index (κ3) is 4.23. The van der Waals surface area contributed by atoms with E-state index in [2.05, 4.69) is 25.5 Å². The Bertz CT molecular complexity index is 1380. The molecular weight excluding hydrogens is 454 g/mol. The zero-order valence-corrected chi connectivity index (χ0v) is 20.3. The van der Waals surface area contributed by atoms with Crippen LogP contribution in [0, 0.1) is 0 Å². The van der Waals surface area contributed by atoms with E-state index in [0.717, 1.165) is 18.5 Å². The number of benzene rings is 1. The van der Waals surface area contributed by atoms with Crippen LogP contribution in [-0.2, 0) is 14.6 Å². The van der Waals surface area contributed by atoms with Gasteiger partial charge < -0.3 is 15.1 Å². The maximum Gasteiger partial charge on any atom is 0.246 e.